The van der Waals surface area contributed by atoms with Gasteiger partial charge in [0.05, 0.1) is 6.10 Å². The van der Waals surface area contributed by atoms with Gasteiger partial charge >= 0.3 is 0 Å². The van der Waals surface area contributed by atoms with Gasteiger partial charge in [0.2, 0.25) is 11.8 Å². The molecule has 2 rings (SSSR count). The SMILES string of the molecule is CCCOC1CCCN(C(=O)c2nc(N)n[nH]2)C1. The van der Waals surface area contributed by atoms with E-state index in [1.165, 1.54) is 0 Å². The van der Waals surface area contributed by atoms with E-state index in [1.54, 1.807) is 4.90 Å². The van der Waals surface area contributed by atoms with E-state index in [0.717, 1.165) is 32.4 Å². The van der Waals surface area contributed by atoms with Crippen LogP contribution in [0.3, 0.4) is 0 Å². The highest BCUT2D eigenvalue weighted by atomic mass is 16.5. The van der Waals surface area contributed by atoms with Gasteiger partial charge in [-0.3, -0.25) is 9.89 Å². The Morgan fingerprint density at radius 3 is 3.17 bits per heavy atom. The summed E-state index contributed by atoms with van der Waals surface area (Å²) in [5, 5.41) is 6.21. The number of hydrogen-bond donors (Lipinski definition) is 2. The molecule has 0 aromatic carbocycles. The summed E-state index contributed by atoms with van der Waals surface area (Å²) in [5.74, 6) is 0.127. The monoisotopic (exact) mass is 253 g/mol. The van der Waals surface area contributed by atoms with Crippen LogP contribution in [0.1, 0.15) is 36.8 Å². The number of ether oxygens (including phenoxy) is 1. The minimum atomic E-state index is -0.163. The summed E-state index contributed by atoms with van der Waals surface area (Å²) in [6.07, 6.45) is 3.07. The number of aromatic amines is 1. The Labute approximate surface area is 106 Å². The van der Waals surface area contributed by atoms with Crippen molar-refractivity contribution in [3.63, 3.8) is 0 Å². The van der Waals surface area contributed by atoms with Gasteiger partial charge in [0.25, 0.3) is 5.91 Å². The van der Waals surface area contributed by atoms with E-state index >= 15 is 0 Å². The molecule has 1 aromatic rings. The molecule has 0 aliphatic carbocycles. The molecule has 1 aliphatic heterocycles. The van der Waals surface area contributed by atoms with E-state index in [0.29, 0.717) is 6.54 Å². The van der Waals surface area contributed by atoms with Gasteiger partial charge in [0.15, 0.2) is 0 Å². The van der Waals surface area contributed by atoms with Gasteiger partial charge in [-0.25, -0.2) is 0 Å². The molecule has 3 N–H and O–H groups in total. The standard InChI is InChI=1S/C11H19N5O2/c1-2-6-18-8-4-3-5-16(7-8)10(17)9-13-11(12)15-14-9/h8H,2-7H2,1H3,(H3,12,13,14,15). The van der Waals surface area contributed by atoms with Crippen molar-refractivity contribution in [1.82, 2.24) is 20.1 Å². The Morgan fingerprint density at radius 2 is 2.50 bits per heavy atom. The van der Waals surface area contributed by atoms with Crippen molar-refractivity contribution in [3.8, 4) is 0 Å². The van der Waals surface area contributed by atoms with Crippen LogP contribution < -0.4 is 5.73 Å². The number of hydrogen-bond acceptors (Lipinski definition) is 5. The van der Waals surface area contributed by atoms with Crippen LogP contribution in [0.15, 0.2) is 0 Å². The summed E-state index contributed by atoms with van der Waals surface area (Å²) in [5.41, 5.74) is 5.39. The number of piperidine rings is 1. The normalized spacial score (nSPS) is 20.1. The number of aromatic nitrogens is 3. The fourth-order valence-corrected chi connectivity index (χ4v) is 2.06. The molecule has 7 nitrogen and oxygen atoms in total. The second-order valence-electron chi connectivity index (χ2n) is 4.43. The van der Waals surface area contributed by atoms with Crippen LogP contribution in [0.5, 0.6) is 0 Å². The lowest BCUT2D eigenvalue weighted by atomic mass is 10.1. The molecule has 0 saturated carbocycles. The summed E-state index contributed by atoms with van der Waals surface area (Å²) >= 11 is 0. The second-order valence-corrected chi connectivity index (χ2v) is 4.43. The number of anilines is 1. The maximum absolute atomic E-state index is 12.1. The first kappa shape index (κ1) is 12.8. The number of nitrogen functional groups attached to an aromatic ring is 1. The largest absolute Gasteiger partial charge is 0.376 e. The van der Waals surface area contributed by atoms with Crippen molar-refractivity contribution in [2.75, 3.05) is 25.4 Å². The minimum Gasteiger partial charge on any atom is -0.376 e. The first-order chi connectivity index (χ1) is 8.70. The Bertz CT molecular complexity index is 406. The molecule has 1 aromatic heterocycles. The van der Waals surface area contributed by atoms with Crippen molar-refractivity contribution < 1.29 is 9.53 Å². The average Bonchev–Trinajstić information content (AvgIpc) is 2.82. The van der Waals surface area contributed by atoms with Crippen LogP contribution in [0.25, 0.3) is 0 Å². The smallest absolute Gasteiger partial charge is 0.291 e. The van der Waals surface area contributed by atoms with Crippen LogP contribution >= 0.6 is 0 Å². The van der Waals surface area contributed by atoms with Crippen LogP contribution in [0, 0.1) is 0 Å². The number of rotatable bonds is 4. The molecule has 0 spiro atoms. The van der Waals surface area contributed by atoms with Gasteiger partial charge in [-0.05, 0) is 19.3 Å². The number of H-pyrrole nitrogens is 1. The molecule has 18 heavy (non-hydrogen) atoms. The number of carbonyl (C=O) groups excluding carboxylic acids is 1. The van der Waals surface area contributed by atoms with Crippen LogP contribution in [-0.2, 0) is 4.74 Å². The van der Waals surface area contributed by atoms with E-state index in [2.05, 4.69) is 22.1 Å². The predicted octanol–water partition coefficient (Wildman–Crippen LogP) is 0.418. The zero-order valence-corrected chi connectivity index (χ0v) is 10.6. The number of likely N-dealkylation sites (tertiary alicyclic amines) is 1. The number of nitrogens with one attached hydrogen (secondary N) is 1. The molecule has 0 radical (unpaired) electrons. The van der Waals surface area contributed by atoms with Gasteiger partial charge in [0.1, 0.15) is 0 Å². The highest BCUT2D eigenvalue weighted by Crippen LogP contribution is 2.15. The van der Waals surface area contributed by atoms with Crippen molar-refractivity contribution >= 4 is 11.9 Å². The van der Waals surface area contributed by atoms with Crippen LogP contribution in [-0.4, -0.2) is 51.8 Å². The number of nitrogens with zero attached hydrogens (tertiary/aromatic N) is 3. The summed E-state index contributed by atoms with van der Waals surface area (Å²) < 4.78 is 5.69. The maximum Gasteiger partial charge on any atom is 0.291 e. The molecule has 1 aliphatic rings. The molecular weight excluding hydrogens is 234 g/mol. The quantitative estimate of drug-likeness (QED) is 0.810. The molecule has 2 heterocycles. The number of nitrogens with two attached hydrogens (primary N) is 1. The molecular formula is C11H19N5O2. The first-order valence-electron chi connectivity index (χ1n) is 6.29. The van der Waals surface area contributed by atoms with Crippen molar-refractivity contribution in [3.05, 3.63) is 5.82 Å². The maximum atomic E-state index is 12.1. The third kappa shape index (κ3) is 2.98. The average molecular weight is 253 g/mol. The fourth-order valence-electron chi connectivity index (χ4n) is 2.06. The topological polar surface area (TPSA) is 97.1 Å². The summed E-state index contributed by atoms with van der Waals surface area (Å²) in [7, 11) is 0. The highest BCUT2D eigenvalue weighted by Gasteiger charge is 2.26. The first-order valence-corrected chi connectivity index (χ1v) is 6.29. The van der Waals surface area contributed by atoms with Gasteiger partial charge in [-0.15, -0.1) is 5.10 Å². The van der Waals surface area contributed by atoms with Crippen LogP contribution in [0.2, 0.25) is 0 Å². The minimum absolute atomic E-state index is 0.0918. The second kappa shape index (κ2) is 5.81. The zero-order valence-electron chi connectivity index (χ0n) is 10.6. The third-order valence-corrected chi connectivity index (χ3v) is 2.93. The number of carbonyl (C=O) groups is 1. The highest BCUT2D eigenvalue weighted by molar-refractivity contribution is 5.90. The third-order valence-electron chi connectivity index (χ3n) is 2.93. The van der Waals surface area contributed by atoms with E-state index < -0.39 is 0 Å². The Balaban J connectivity index is 1.94. The predicted molar refractivity (Wildman–Crippen MR) is 66.0 cm³/mol. The lowest BCUT2D eigenvalue weighted by Crippen LogP contribution is -2.43. The van der Waals surface area contributed by atoms with Crippen molar-refractivity contribution in [2.45, 2.75) is 32.3 Å². The lowest BCUT2D eigenvalue weighted by molar-refractivity contribution is 0.00173. The van der Waals surface area contributed by atoms with E-state index in [4.69, 9.17) is 10.5 Å². The van der Waals surface area contributed by atoms with E-state index in [9.17, 15) is 4.79 Å². The lowest BCUT2D eigenvalue weighted by Gasteiger charge is -2.32. The van der Waals surface area contributed by atoms with Gasteiger partial charge in [-0.1, -0.05) is 6.92 Å². The molecule has 1 fully saturated rings. The fraction of sp³-hybridized carbons (Fsp3) is 0.727. The molecule has 100 valence electrons. The van der Waals surface area contributed by atoms with Crippen LogP contribution in [0.4, 0.5) is 5.95 Å². The van der Waals surface area contributed by atoms with E-state index in [-0.39, 0.29) is 23.8 Å². The molecule has 0 bridgehead atoms. The zero-order chi connectivity index (χ0) is 13.0. The van der Waals surface area contributed by atoms with Gasteiger partial charge < -0.3 is 15.4 Å². The summed E-state index contributed by atoms with van der Waals surface area (Å²) in [6.45, 7) is 4.15. The summed E-state index contributed by atoms with van der Waals surface area (Å²) in [4.78, 5) is 17.7. The Kier molecular flexibility index (Phi) is 4.14. The van der Waals surface area contributed by atoms with Crippen molar-refractivity contribution in [1.29, 1.82) is 0 Å². The summed E-state index contributed by atoms with van der Waals surface area (Å²) in [6, 6.07) is 0. The Morgan fingerprint density at radius 1 is 1.67 bits per heavy atom. The molecule has 1 atom stereocenters. The number of amides is 1. The molecule has 1 saturated heterocycles. The molecule has 1 unspecified atom stereocenters. The van der Waals surface area contributed by atoms with Gasteiger partial charge in [-0.2, -0.15) is 4.98 Å². The molecule has 1 amide bonds. The molecule has 7 heteroatoms. The van der Waals surface area contributed by atoms with Gasteiger partial charge in [0, 0.05) is 19.7 Å². The van der Waals surface area contributed by atoms with E-state index in [1.807, 2.05) is 0 Å². The van der Waals surface area contributed by atoms with Crippen molar-refractivity contribution in [2.24, 2.45) is 0 Å². The Hall–Kier alpha value is -1.63.